The van der Waals surface area contributed by atoms with E-state index < -0.39 is 20.6 Å². The molecule has 18 heavy (non-hydrogen) atoms. The summed E-state index contributed by atoms with van der Waals surface area (Å²) in [6.45, 7) is 3.77. The van der Waals surface area contributed by atoms with E-state index in [0.717, 1.165) is 11.1 Å². The van der Waals surface area contributed by atoms with E-state index in [9.17, 15) is 13.2 Å². The van der Waals surface area contributed by atoms with E-state index in [1.54, 1.807) is 18.2 Å². The van der Waals surface area contributed by atoms with Gasteiger partial charge in [0.2, 0.25) is 0 Å². The van der Waals surface area contributed by atoms with Gasteiger partial charge in [-0.1, -0.05) is 6.07 Å². The van der Waals surface area contributed by atoms with Crippen molar-refractivity contribution < 1.29 is 17.9 Å². The van der Waals surface area contributed by atoms with Crippen LogP contribution in [0.5, 0.6) is 0 Å². The zero-order chi connectivity index (χ0) is 13.6. The van der Waals surface area contributed by atoms with Crippen LogP contribution in [0.3, 0.4) is 0 Å². The molecule has 4 nitrogen and oxygen atoms in total. The molecule has 98 valence electrons. The Morgan fingerprint density at radius 1 is 1.22 bits per heavy atom. The molecule has 0 aliphatic heterocycles. The molecule has 0 N–H and O–H groups in total. The molecule has 0 amide bonds. The van der Waals surface area contributed by atoms with Crippen molar-refractivity contribution in [3.05, 3.63) is 29.3 Å². The zero-order valence-electron chi connectivity index (χ0n) is 10.7. The molecular formula is C13H16O4S. The summed E-state index contributed by atoms with van der Waals surface area (Å²) in [4.78, 5) is 11.9. The van der Waals surface area contributed by atoms with E-state index in [1.165, 1.54) is 7.11 Å². The van der Waals surface area contributed by atoms with E-state index in [1.807, 2.05) is 13.8 Å². The van der Waals surface area contributed by atoms with Crippen LogP contribution < -0.4 is 0 Å². The van der Waals surface area contributed by atoms with Crippen molar-refractivity contribution in [3.8, 4) is 0 Å². The quantitative estimate of drug-likeness (QED) is 0.784. The number of hydrogen-bond acceptors (Lipinski definition) is 4. The van der Waals surface area contributed by atoms with Crippen molar-refractivity contribution >= 4 is 15.8 Å². The van der Waals surface area contributed by atoms with Crippen LogP contribution in [-0.2, 0) is 19.4 Å². The molecule has 1 aromatic carbocycles. The summed E-state index contributed by atoms with van der Waals surface area (Å²) in [5, 5.41) is 0. The van der Waals surface area contributed by atoms with Crippen LogP contribution >= 0.6 is 0 Å². The summed E-state index contributed by atoms with van der Waals surface area (Å²) in [6.07, 6.45) is 0.684. The number of ether oxygens (including phenoxy) is 1. The van der Waals surface area contributed by atoms with Gasteiger partial charge in [0.15, 0.2) is 14.6 Å². The summed E-state index contributed by atoms with van der Waals surface area (Å²) in [6, 6.07) is 4.93. The highest BCUT2D eigenvalue weighted by molar-refractivity contribution is 7.94. The number of carbonyl (C=O) groups is 1. The van der Waals surface area contributed by atoms with Gasteiger partial charge in [-0.25, -0.2) is 8.42 Å². The molecule has 5 heteroatoms. The van der Waals surface area contributed by atoms with E-state index in [2.05, 4.69) is 4.74 Å². The fraction of sp³-hybridized carbons (Fsp3) is 0.462. The lowest BCUT2D eigenvalue weighted by molar-refractivity contribution is -0.140. The van der Waals surface area contributed by atoms with Gasteiger partial charge < -0.3 is 4.74 Å². The maximum atomic E-state index is 12.5. The normalized spacial score (nSPS) is 17.3. The molecule has 0 aromatic heterocycles. The first-order valence-electron chi connectivity index (χ1n) is 5.75. The first kappa shape index (κ1) is 13.1. The molecule has 1 aromatic rings. The number of sulfone groups is 1. The van der Waals surface area contributed by atoms with Crippen molar-refractivity contribution in [2.75, 3.05) is 7.11 Å². The monoisotopic (exact) mass is 268 g/mol. The Morgan fingerprint density at radius 3 is 2.28 bits per heavy atom. The van der Waals surface area contributed by atoms with Crippen molar-refractivity contribution in [1.82, 2.24) is 0 Å². The number of esters is 1. The summed E-state index contributed by atoms with van der Waals surface area (Å²) >= 11 is 0. The van der Waals surface area contributed by atoms with Crippen LogP contribution in [0.2, 0.25) is 0 Å². The van der Waals surface area contributed by atoms with Crippen LogP contribution in [0.1, 0.15) is 24.0 Å². The largest absolute Gasteiger partial charge is 0.468 e. The average Bonchev–Trinajstić information content (AvgIpc) is 3.13. The topological polar surface area (TPSA) is 60.4 Å². The number of benzene rings is 1. The summed E-state index contributed by atoms with van der Waals surface area (Å²) in [5.41, 5.74) is 1.92. The standard InChI is InChI=1S/C13H16O4S/c1-9-4-5-11(8-10(9)2)18(15,16)13(6-7-13)12(14)17-3/h4-5,8H,6-7H2,1-3H3. The van der Waals surface area contributed by atoms with E-state index in [-0.39, 0.29) is 4.90 Å². The lowest BCUT2D eigenvalue weighted by Crippen LogP contribution is -2.33. The maximum absolute atomic E-state index is 12.5. The van der Waals surface area contributed by atoms with Crippen molar-refractivity contribution in [2.24, 2.45) is 0 Å². The molecule has 0 atom stereocenters. The molecule has 1 fully saturated rings. The fourth-order valence-corrected chi connectivity index (χ4v) is 3.96. The number of aryl methyl sites for hydroxylation is 2. The number of hydrogen-bond donors (Lipinski definition) is 0. The van der Waals surface area contributed by atoms with Crippen LogP contribution in [0.25, 0.3) is 0 Å². The Kier molecular flexibility index (Phi) is 2.97. The molecule has 0 saturated heterocycles. The average molecular weight is 268 g/mol. The van der Waals surface area contributed by atoms with Gasteiger partial charge in [0.05, 0.1) is 12.0 Å². The van der Waals surface area contributed by atoms with Crippen molar-refractivity contribution in [2.45, 2.75) is 36.3 Å². The highest BCUT2D eigenvalue weighted by Gasteiger charge is 2.62. The number of rotatable bonds is 3. The predicted octanol–water partition coefficient (Wildman–Crippen LogP) is 1.78. The smallest absolute Gasteiger partial charge is 0.327 e. The van der Waals surface area contributed by atoms with Gasteiger partial charge in [-0.15, -0.1) is 0 Å². The molecule has 0 bridgehead atoms. The second-order valence-electron chi connectivity index (χ2n) is 4.74. The molecule has 1 aliphatic carbocycles. The second-order valence-corrected chi connectivity index (χ2v) is 7.00. The van der Waals surface area contributed by atoms with Crippen LogP contribution in [0.15, 0.2) is 23.1 Å². The van der Waals surface area contributed by atoms with Gasteiger partial charge in [0.25, 0.3) is 0 Å². The Hall–Kier alpha value is -1.36. The lowest BCUT2D eigenvalue weighted by Gasteiger charge is -2.14. The Balaban J connectivity index is 2.49. The minimum atomic E-state index is -3.65. The van der Waals surface area contributed by atoms with Gasteiger partial charge >= 0.3 is 5.97 Å². The van der Waals surface area contributed by atoms with Gasteiger partial charge in [-0.05, 0) is 49.9 Å². The molecule has 0 unspecified atom stereocenters. The molecular weight excluding hydrogens is 252 g/mol. The molecule has 0 spiro atoms. The fourth-order valence-electron chi connectivity index (χ4n) is 1.99. The zero-order valence-corrected chi connectivity index (χ0v) is 11.5. The Labute approximate surface area is 107 Å². The van der Waals surface area contributed by atoms with Crippen molar-refractivity contribution in [1.29, 1.82) is 0 Å². The highest BCUT2D eigenvalue weighted by atomic mass is 32.2. The minimum Gasteiger partial charge on any atom is -0.468 e. The first-order valence-corrected chi connectivity index (χ1v) is 7.24. The summed E-state index contributed by atoms with van der Waals surface area (Å²) in [7, 11) is -2.43. The SMILES string of the molecule is COC(=O)C1(S(=O)(=O)c2ccc(C)c(C)c2)CC1. The van der Waals surface area contributed by atoms with Gasteiger partial charge in [0, 0.05) is 0 Å². The van der Waals surface area contributed by atoms with Crippen LogP contribution in [0.4, 0.5) is 0 Å². The Bertz CT molecular complexity index is 597. The second kappa shape index (κ2) is 4.09. The van der Waals surface area contributed by atoms with Gasteiger partial charge in [-0.2, -0.15) is 0 Å². The molecule has 0 radical (unpaired) electrons. The molecule has 1 saturated carbocycles. The first-order chi connectivity index (χ1) is 8.35. The minimum absolute atomic E-state index is 0.202. The third-order valence-electron chi connectivity index (χ3n) is 3.56. The molecule has 1 aliphatic rings. The molecule has 0 heterocycles. The maximum Gasteiger partial charge on any atom is 0.327 e. The van der Waals surface area contributed by atoms with Gasteiger partial charge in [-0.3, -0.25) is 4.79 Å². The van der Waals surface area contributed by atoms with Gasteiger partial charge in [0.1, 0.15) is 0 Å². The van der Waals surface area contributed by atoms with Crippen LogP contribution in [-0.4, -0.2) is 26.2 Å². The summed E-state index contributed by atoms with van der Waals surface area (Å²) in [5.74, 6) is -0.652. The van der Waals surface area contributed by atoms with Crippen LogP contribution in [0, 0.1) is 13.8 Å². The highest BCUT2D eigenvalue weighted by Crippen LogP contribution is 2.47. The predicted molar refractivity (Wildman–Crippen MR) is 67.1 cm³/mol. The van der Waals surface area contributed by atoms with E-state index in [4.69, 9.17) is 0 Å². The summed E-state index contributed by atoms with van der Waals surface area (Å²) < 4.78 is 28.2. The third kappa shape index (κ3) is 1.73. The lowest BCUT2D eigenvalue weighted by atomic mass is 10.1. The van der Waals surface area contributed by atoms with E-state index >= 15 is 0 Å². The Morgan fingerprint density at radius 2 is 1.83 bits per heavy atom. The van der Waals surface area contributed by atoms with Crippen molar-refractivity contribution in [3.63, 3.8) is 0 Å². The molecule has 2 rings (SSSR count). The van der Waals surface area contributed by atoms with E-state index in [0.29, 0.717) is 12.8 Å². The number of carbonyl (C=O) groups excluding carboxylic acids is 1. The number of methoxy groups -OCH3 is 1. The third-order valence-corrected chi connectivity index (χ3v) is 6.04.